The molecule has 0 amide bonds. The molecule has 3 aliphatic heterocycles. The number of nitrogens with zero attached hydrogens (tertiary/aromatic N) is 2. The second-order valence-corrected chi connectivity index (χ2v) is 11.8. The zero-order valence-electron chi connectivity index (χ0n) is 23.5. The first-order valence-corrected chi connectivity index (χ1v) is 14.6. The normalized spacial score (nSPS) is 24.2. The predicted molar refractivity (Wildman–Crippen MR) is 166 cm³/mol. The average Bonchev–Trinajstić information content (AvgIpc) is 3.01. The monoisotopic (exact) mass is 604 g/mol. The maximum atomic E-state index is 6.80. The number of rotatable bonds is 8. The highest BCUT2D eigenvalue weighted by molar-refractivity contribution is 6.02. The van der Waals surface area contributed by atoms with E-state index in [4.69, 9.17) is 4.74 Å². The van der Waals surface area contributed by atoms with Crippen LogP contribution < -0.4 is 17.0 Å². The molecule has 2 unspecified atom stereocenters. The maximum Gasteiger partial charge on any atom is 0.135 e. The quantitative estimate of drug-likeness (QED) is 0.134. The lowest BCUT2D eigenvalue weighted by atomic mass is 9.70. The lowest BCUT2D eigenvalue weighted by Gasteiger charge is -2.58. The molecule has 3 nitrogen and oxygen atoms in total. The van der Waals surface area contributed by atoms with Gasteiger partial charge in [-0.2, -0.15) is 0 Å². The van der Waals surface area contributed by atoms with Crippen LogP contribution in [0.25, 0.3) is 32.4 Å². The number of quaternary nitrogens is 1. The van der Waals surface area contributed by atoms with Crippen LogP contribution in [0.5, 0.6) is 0 Å². The topological polar surface area (TPSA) is 22.1 Å². The molecule has 0 spiro atoms. The van der Waals surface area contributed by atoms with E-state index in [2.05, 4.69) is 109 Å². The molecule has 2 bridgehead atoms. The molecule has 5 atom stereocenters. The van der Waals surface area contributed by atoms with Crippen molar-refractivity contribution in [1.29, 1.82) is 0 Å². The minimum atomic E-state index is -0.0410. The lowest BCUT2D eigenvalue weighted by Crippen LogP contribution is -3.00. The molecular formula is C37H37BrN2O. The van der Waals surface area contributed by atoms with Gasteiger partial charge in [0.15, 0.2) is 0 Å². The number of hydrogen-bond donors (Lipinski definition) is 0. The summed E-state index contributed by atoms with van der Waals surface area (Å²) in [4.78, 5) is 4.68. The molecule has 0 saturated carbocycles. The summed E-state index contributed by atoms with van der Waals surface area (Å²) < 4.78 is 7.81. The molecule has 0 radical (unpaired) electrons. The predicted octanol–water partition coefficient (Wildman–Crippen LogP) is 5.40. The lowest BCUT2D eigenvalue weighted by molar-refractivity contribution is -0.984. The highest BCUT2D eigenvalue weighted by atomic mass is 79.9. The first-order chi connectivity index (χ1) is 19.7. The van der Waals surface area contributed by atoms with E-state index in [1.165, 1.54) is 44.5 Å². The number of ether oxygens (including phenoxy) is 1. The Morgan fingerprint density at radius 1 is 0.902 bits per heavy atom. The van der Waals surface area contributed by atoms with Gasteiger partial charge in [-0.25, -0.2) is 0 Å². The average molecular weight is 606 g/mol. The van der Waals surface area contributed by atoms with E-state index in [0.29, 0.717) is 24.5 Å². The van der Waals surface area contributed by atoms with Crippen LogP contribution in [-0.2, 0) is 11.3 Å². The zero-order valence-corrected chi connectivity index (χ0v) is 25.0. The van der Waals surface area contributed by atoms with Gasteiger partial charge in [-0.1, -0.05) is 78.9 Å². The third-order valence-corrected chi connectivity index (χ3v) is 9.76. The van der Waals surface area contributed by atoms with E-state index in [9.17, 15) is 0 Å². The van der Waals surface area contributed by atoms with Crippen molar-refractivity contribution in [3.8, 4) is 0 Å². The second kappa shape index (κ2) is 11.5. The van der Waals surface area contributed by atoms with E-state index in [1.54, 1.807) is 0 Å². The van der Waals surface area contributed by atoms with Crippen molar-refractivity contribution in [2.24, 2.45) is 11.8 Å². The molecule has 4 aromatic carbocycles. The molecule has 0 aliphatic carbocycles. The van der Waals surface area contributed by atoms with Gasteiger partial charge in [0.25, 0.3) is 0 Å². The number of halogens is 1. The van der Waals surface area contributed by atoms with Gasteiger partial charge >= 0.3 is 0 Å². The Labute approximate surface area is 253 Å². The Morgan fingerprint density at radius 2 is 1.59 bits per heavy atom. The molecule has 208 valence electrons. The molecule has 41 heavy (non-hydrogen) atoms. The van der Waals surface area contributed by atoms with Gasteiger partial charge in [0, 0.05) is 35.9 Å². The number of para-hydroxylation sites is 1. The third kappa shape index (κ3) is 4.82. The van der Waals surface area contributed by atoms with E-state index in [-0.39, 0.29) is 23.1 Å². The number of pyridine rings is 1. The number of piperidine rings is 3. The molecule has 3 fully saturated rings. The molecule has 8 rings (SSSR count). The summed E-state index contributed by atoms with van der Waals surface area (Å²) in [6.07, 6.45) is 8.41. The first-order valence-electron chi connectivity index (χ1n) is 14.6. The van der Waals surface area contributed by atoms with Crippen molar-refractivity contribution in [2.75, 3.05) is 19.7 Å². The van der Waals surface area contributed by atoms with Gasteiger partial charge in [0.05, 0.1) is 25.2 Å². The van der Waals surface area contributed by atoms with Crippen molar-refractivity contribution in [3.63, 3.8) is 0 Å². The zero-order chi connectivity index (χ0) is 27.1. The summed E-state index contributed by atoms with van der Waals surface area (Å²) in [5.41, 5.74) is 3.74. The SMILES string of the molecule is C=CCO[C@@H](c1ccnc2ccccc12)C1C[C@@H]2CC[N+]1(Cc1c3ccccc3cc3ccccc13)C[C@@H]2C=C.[Br-]. The third-order valence-electron chi connectivity index (χ3n) is 9.76. The van der Waals surface area contributed by atoms with Crippen molar-refractivity contribution in [2.45, 2.75) is 31.5 Å². The van der Waals surface area contributed by atoms with Gasteiger partial charge in [0.2, 0.25) is 0 Å². The van der Waals surface area contributed by atoms with Crippen LogP contribution in [0.4, 0.5) is 0 Å². The summed E-state index contributed by atoms with van der Waals surface area (Å²) in [5, 5.41) is 6.56. The Kier molecular flexibility index (Phi) is 7.82. The van der Waals surface area contributed by atoms with Crippen molar-refractivity contribution in [3.05, 3.63) is 128 Å². The second-order valence-electron chi connectivity index (χ2n) is 11.8. The molecular weight excluding hydrogens is 568 g/mol. The minimum Gasteiger partial charge on any atom is -1.00 e. The smallest absolute Gasteiger partial charge is 0.135 e. The fraction of sp³-hybridized carbons (Fsp3) is 0.270. The van der Waals surface area contributed by atoms with Gasteiger partial charge in [-0.3, -0.25) is 4.98 Å². The number of fused-ring (bicyclic) bond motifs is 6. The van der Waals surface area contributed by atoms with Gasteiger partial charge in [-0.05, 0) is 51.2 Å². The molecule has 0 N–H and O–H groups in total. The summed E-state index contributed by atoms with van der Waals surface area (Å²) in [5.74, 6) is 1.18. The molecule has 1 aromatic heterocycles. The van der Waals surface area contributed by atoms with Crippen molar-refractivity contribution < 1.29 is 26.2 Å². The molecule has 5 aromatic rings. The number of benzene rings is 4. The van der Waals surface area contributed by atoms with Gasteiger partial charge in [0.1, 0.15) is 18.7 Å². The standard InChI is InChI=1S/C37H37N2O.BrH/c1-3-21-40-37(33-17-19-38-35-16-10-9-15-32(33)35)36-23-27-18-20-39(36,24-26(27)4-2)25-34-30-13-7-5-11-28(30)22-29-12-6-8-14-31(29)34;/h3-17,19,22,26-27,36-37H,1-2,18,20-21,23-25H2;1H/q+1;/p-1/t26-,27-,36?,37-,39?;/m0./s1. The molecule has 4 heteroatoms. The van der Waals surface area contributed by atoms with E-state index >= 15 is 0 Å². The van der Waals surface area contributed by atoms with Crippen LogP contribution >= 0.6 is 0 Å². The van der Waals surface area contributed by atoms with Crippen LogP contribution in [0.3, 0.4) is 0 Å². The van der Waals surface area contributed by atoms with Gasteiger partial charge in [-0.15, -0.1) is 13.2 Å². The van der Waals surface area contributed by atoms with Crippen LogP contribution in [0.15, 0.2) is 116 Å². The summed E-state index contributed by atoms with van der Waals surface area (Å²) in [7, 11) is 0. The Hall–Kier alpha value is -3.31. The highest BCUT2D eigenvalue weighted by Gasteiger charge is 2.54. The molecule has 4 heterocycles. The van der Waals surface area contributed by atoms with Crippen LogP contribution in [0.1, 0.15) is 30.1 Å². The Morgan fingerprint density at radius 3 is 2.29 bits per heavy atom. The van der Waals surface area contributed by atoms with E-state index in [1.807, 2.05) is 12.3 Å². The fourth-order valence-electron chi connectivity index (χ4n) is 7.90. The largest absolute Gasteiger partial charge is 1.00 e. The number of hydrogen-bond acceptors (Lipinski definition) is 2. The van der Waals surface area contributed by atoms with Gasteiger partial charge < -0.3 is 26.2 Å². The van der Waals surface area contributed by atoms with Crippen LogP contribution in [0, 0.1) is 11.8 Å². The molecule has 3 aliphatic rings. The Bertz CT molecular complexity index is 1670. The fourth-order valence-corrected chi connectivity index (χ4v) is 7.90. The maximum absolute atomic E-state index is 6.80. The summed E-state index contributed by atoms with van der Waals surface area (Å²) in [6.45, 7) is 12.1. The van der Waals surface area contributed by atoms with E-state index in [0.717, 1.165) is 36.1 Å². The minimum absolute atomic E-state index is 0. The van der Waals surface area contributed by atoms with E-state index < -0.39 is 0 Å². The summed E-state index contributed by atoms with van der Waals surface area (Å²) in [6, 6.07) is 31.2. The van der Waals surface area contributed by atoms with Crippen LogP contribution in [-0.4, -0.2) is 35.2 Å². The summed E-state index contributed by atoms with van der Waals surface area (Å²) >= 11 is 0. The number of aromatic nitrogens is 1. The molecule has 3 saturated heterocycles. The highest BCUT2D eigenvalue weighted by Crippen LogP contribution is 2.50. The first kappa shape index (κ1) is 27.8. The van der Waals surface area contributed by atoms with Crippen molar-refractivity contribution >= 4 is 32.4 Å². The van der Waals surface area contributed by atoms with Crippen molar-refractivity contribution in [1.82, 2.24) is 4.98 Å². The van der Waals surface area contributed by atoms with Crippen LogP contribution in [0.2, 0.25) is 0 Å². The Balaban J connectivity index is 0.00000302.